The molecule has 0 amide bonds. The van der Waals surface area contributed by atoms with Gasteiger partial charge in [0.2, 0.25) is 0 Å². The second-order valence-electron chi connectivity index (χ2n) is 3.18. The van der Waals surface area contributed by atoms with Gasteiger partial charge in [-0.1, -0.05) is 0 Å². The SMILES string of the molecule is Cc1cc(N)ccc1SCC(C)O. The predicted molar refractivity (Wildman–Crippen MR) is 58.0 cm³/mol. The smallest absolute Gasteiger partial charge is 0.0606 e. The van der Waals surface area contributed by atoms with Gasteiger partial charge in [-0.05, 0) is 37.6 Å². The van der Waals surface area contributed by atoms with Gasteiger partial charge in [-0.25, -0.2) is 0 Å². The van der Waals surface area contributed by atoms with Crippen LogP contribution >= 0.6 is 11.8 Å². The monoisotopic (exact) mass is 197 g/mol. The van der Waals surface area contributed by atoms with E-state index < -0.39 is 0 Å². The Morgan fingerprint density at radius 3 is 2.77 bits per heavy atom. The first-order chi connectivity index (χ1) is 6.09. The van der Waals surface area contributed by atoms with Crippen LogP contribution in [0.3, 0.4) is 0 Å². The van der Waals surface area contributed by atoms with Gasteiger partial charge >= 0.3 is 0 Å². The first kappa shape index (κ1) is 10.4. The molecule has 13 heavy (non-hydrogen) atoms. The highest BCUT2D eigenvalue weighted by molar-refractivity contribution is 7.99. The zero-order valence-corrected chi connectivity index (χ0v) is 8.77. The number of aryl methyl sites for hydroxylation is 1. The minimum atomic E-state index is -0.262. The van der Waals surface area contributed by atoms with Crippen LogP contribution < -0.4 is 5.73 Å². The third kappa shape index (κ3) is 3.28. The molecule has 1 atom stereocenters. The van der Waals surface area contributed by atoms with Crippen LogP contribution in [-0.4, -0.2) is 17.0 Å². The molecule has 3 N–H and O–H groups in total. The van der Waals surface area contributed by atoms with Gasteiger partial charge in [0.05, 0.1) is 6.10 Å². The van der Waals surface area contributed by atoms with E-state index in [9.17, 15) is 0 Å². The Morgan fingerprint density at radius 2 is 2.23 bits per heavy atom. The number of hydrogen-bond donors (Lipinski definition) is 2. The average molecular weight is 197 g/mol. The van der Waals surface area contributed by atoms with Crippen LogP contribution in [0.1, 0.15) is 12.5 Å². The molecular formula is C10H15NOS. The minimum absolute atomic E-state index is 0.262. The van der Waals surface area contributed by atoms with Crippen molar-refractivity contribution in [2.45, 2.75) is 24.8 Å². The van der Waals surface area contributed by atoms with E-state index in [4.69, 9.17) is 10.8 Å². The van der Waals surface area contributed by atoms with Gasteiger partial charge in [0.1, 0.15) is 0 Å². The van der Waals surface area contributed by atoms with Crippen molar-refractivity contribution in [3.63, 3.8) is 0 Å². The molecule has 2 nitrogen and oxygen atoms in total. The lowest BCUT2D eigenvalue weighted by molar-refractivity contribution is 0.220. The van der Waals surface area contributed by atoms with Gasteiger partial charge in [-0.15, -0.1) is 11.8 Å². The predicted octanol–water partition coefficient (Wildman–Crippen LogP) is 2.05. The first-order valence-corrected chi connectivity index (χ1v) is 5.25. The molecule has 0 saturated carbocycles. The zero-order valence-electron chi connectivity index (χ0n) is 7.95. The molecule has 0 saturated heterocycles. The molecule has 1 unspecified atom stereocenters. The molecule has 1 aromatic carbocycles. The molecule has 0 aliphatic rings. The summed E-state index contributed by atoms with van der Waals surface area (Å²) in [6, 6.07) is 5.83. The second-order valence-corrected chi connectivity index (χ2v) is 4.25. The number of anilines is 1. The van der Waals surface area contributed by atoms with Crippen LogP contribution in [0.2, 0.25) is 0 Å². The van der Waals surface area contributed by atoms with Crippen LogP contribution in [0.15, 0.2) is 23.1 Å². The maximum Gasteiger partial charge on any atom is 0.0606 e. The number of rotatable bonds is 3. The van der Waals surface area contributed by atoms with E-state index in [0.29, 0.717) is 0 Å². The standard InChI is InChI=1S/C10H15NOS/c1-7-5-9(11)3-4-10(7)13-6-8(2)12/h3-5,8,12H,6,11H2,1-2H3. The van der Waals surface area contributed by atoms with Crippen LogP contribution in [-0.2, 0) is 0 Å². The van der Waals surface area contributed by atoms with Crippen molar-refractivity contribution in [1.82, 2.24) is 0 Å². The first-order valence-electron chi connectivity index (χ1n) is 4.26. The minimum Gasteiger partial charge on any atom is -0.399 e. The molecule has 3 heteroatoms. The zero-order chi connectivity index (χ0) is 9.84. The third-order valence-corrected chi connectivity index (χ3v) is 3.10. The van der Waals surface area contributed by atoms with E-state index in [0.717, 1.165) is 11.4 Å². The van der Waals surface area contributed by atoms with Crippen molar-refractivity contribution in [1.29, 1.82) is 0 Å². The van der Waals surface area contributed by atoms with Crippen molar-refractivity contribution >= 4 is 17.4 Å². The summed E-state index contributed by atoms with van der Waals surface area (Å²) in [4.78, 5) is 1.19. The Balaban J connectivity index is 2.67. The molecule has 0 radical (unpaired) electrons. The summed E-state index contributed by atoms with van der Waals surface area (Å²) >= 11 is 1.66. The van der Waals surface area contributed by atoms with E-state index in [-0.39, 0.29) is 6.10 Å². The molecule has 0 fully saturated rings. The van der Waals surface area contributed by atoms with Gasteiger partial charge in [-0.2, -0.15) is 0 Å². The number of aliphatic hydroxyl groups is 1. The van der Waals surface area contributed by atoms with Crippen LogP contribution in [0.5, 0.6) is 0 Å². The Morgan fingerprint density at radius 1 is 1.54 bits per heavy atom. The van der Waals surface area contributed by atoms with E-state index in [2.05, 4.69) is 0 Å². The molecule has 0 bridgehead atoms. The highest BCUT2D eigenvalue weighted by Crippen LogP contribution is 2.24. The number of thioether (sulfide) groups is 1. The van der Waals surface area contributed by atoms with Crippen molar-refractivity contribution in [3.05, 3.63) is 23.8 Å². The largest absolute Gasteiger partial charge is 0.399 e. The summed E-state index contributed by atoms with van der Waals surface area (Å²) in [6.45, 7) is 3.82. The third-order valence-electron chi connectivity index (χ3n) is 1.68. The molecule has 0 spiro atoms. The number of hydrogen-bond acceptors (Lipinski definition) is 3. The number of nitrogens with two attached hydrogens (primary N) is 1. The summed E-state index contributed by atoms with van der Waals surface area (Å²) in [5, 5.41) is 9.11. The van der Waals surface area contributed by atoms with Crippen molar-refractivity contribution in [2.75, 3.05) is 11.5 Å². The Hall–Kier alpha value is -0.670. The lowest BCUT2D eigenvalue weighted by atomic mass is 10.2. The summed E-state index contributed by atoms with van der Waals surface area (Å²) in [6.07, 6.45) is -0.262. The molecule has 1 rings (SSSR count). The van der Waals surface area contributed by atoms with Crippen LogP contribution in [0.25, 0.3) is 0 Å². The maximum atomic E-state index is 9.11. The van der Waals surface area contributed by atoms with Crippen molar-refractivity contribution in [3.8, 4) is 0 Å². The molecule has 72 valence electrons. The van der Waals surface area contributed by atoms with Crippen molar-refractivity contribution in [2.24, 2.45) is 0 Å². The van der Waals surface area contributed by atoms with E-state index in [1.807, 2.05) is 25.1 Å². The van der Waals surface area contributed by atoms with Gasteiger partial charge < -0.3 is 10.8 Å². The fourth-order valence-corrected chi connectivity index (χ4v) is 1.92. The fourth-order valence-electron chi connectivity index (χ4n) is 1.04. The number of aliphatic hydroxyl groups excluding tert-OH is 1. The van der Waals surface area contributed by atoms with E-state index >= 15 is 0 Å². The van der Waals surface area contributed by atoms with Crippen molar-refractivity contribution < 1.29 is 5.11 Å². The van der Waals surface area contributed by atoms with Gasteiger partial charge in [0.15, 0.2) is 0 Å². The Kier molecular flexibility index (Phi) is 3.63. The number of benzene rings is 1. The summed E-state index contributed by atoms with van der Waals surface area (Å²) in [5.41, 5.74) is 7.59. The van der Waals surface area contributed by atoms with Crippen LogP contribution in [0.4, 0.5) is 5.69 Å². The summed E-state index contributed by atoms with van der Waals surface area (Å²) < 4.78 is 0. The average Bonchev–Trinajstić information content (AvgIpc) is 2.02. The normalized spacial score (nSPS) is 12.8. The summed E-state index contributed by atoms with van der Waals surface area (Å²) in [7, 11) is 0. The van der Waals surface area contributed by atoms with E-state index in [1.165, 1.54) is 10.5 Å². The number of nitrogen functional groups attached to an aromatic ring is 1. The summed E-state index contributed by atoms with van der Waals surface area (Å²) in [5.74, 6) is 0.727. The Bertz CT molecular complexity index is 286. The molecule has 0 heterocycles. The molecule has 1 aromatic rings. The Labute approximate surface area is 83.1 Å². The highest BCUT2D eigenvalue weighted by atomic mass is 32.2. The molecule has 0 aliphatic carbocycles. The lowest BCUT2D eigenvalue weighted by Gasteiger charge is -2.07. The molecule has 0 aromatic heterocycles. The maximum absolute atomic E-state index is 9.11. The van der Waals surface area contributed by atoms with Gasteiger partial charge in [0, 0.05) is 16.3 Å². The quantitative estimate of drug-likeness (QED) is 0.576. The highest BCUT2D eigenvalue weighted by Gasteiger charge is 2.01. The molecule has 0 aliphatic heterocycles. The van der Waals surface area contributed by atoms with Gasteiger partial charge in [-0.3, -0.25) is 0 Å². The van der Waals surface area contributed by atoms with Gasteiger partial charge in [0.25, 0.3) is 0 Å². The lowest BCUT2D eigenvalue weighted by Crippen LogP contribution is -2.02. The fraction of sp³-hybridized carbons (Fsp3) is 0.400. The second kappa shape index (κ2) is 4.53. The topological polar surface area (TPSA) is 46.2 Å². The van der Waals surface area contributed by atoms with Crippen LogP contribution in [0, 0.1) is 6.92 Å². The van der Waals surface area contributed by atoms with E-state index in [1.54, 1.807) is 18.7 Å². The molecular weight excluding hydrogens is 182 g/mol.